The molecule has 0 saturated carbocycles. The maximum absolute atomic E-state index is 13.0. The van der Waals surface area contributed by atoms with E-state index in [2.05, 4.69) is 5.32 Å². The second kappa shape index (κ2) is 10.5. The fraction of sp³-hybridized carbons (Fsp3) is 0.391. The zero-order valence-corrected chi connectivity index (χ0v) is 20.3. The molecule has 0 bridgehead atoms. The van der Waals surface area contributed by atoms with E-state index in [0.717, 1.165) is 6.42 Å². The lowest BCUT2D eigenvalue weighted by atomic mass is 9.94. The number of esters is 1. The van der Waals surface area contributed by atoms with Crippen LogP contribution in [0.15, 0.2) is 47.4 Å². The van der Waals surface area contributed by atoms with Gasteiger partial charge in [0.25, 0.3) is 5.91 Å². The normalized spacial score (nSPS) is 19.0. The van der Waals surface area contributed by atoms with Crippen LogP contribution in [0.3, 0.4) is 0 Å². The first-order chi connectivity index (χ1) is 15.6. The quantitative estimate of drug-likeness (QED) is 0.587. The molecule has 1 saturated heterocycles. The van der Waals surface area contributed by atoms with Gasteiger partial charge in [-0.1, -0.05) is 25.4 Å². The summed E-state index contributed by atoms with van der Waals surface area (Å²) >= 11 is 6.02. The number of halogens is 1. The highest BCUT2D eigenvalue weighted by Crippen LogP contribution is 2.28. The first kappa shape index (κ1) is 25.0. The Morgan fingerprint density at radius 1 is 1.09 bits per heavy atom. The highest BCUT2D eigenvalue weighted by molar-refractivity contribution is 7.89. The predicted octanol–water partition coefficient (Wildman–Crippen LogP) is 3.81. The monoisotopic (exact) mass is 494 g/mol. The standard InChI is InChI=1S/C23H27ClN2O6S/c1-15-10-16(2)13-26(12-15)33(29,30)19-7-4-17(5-8-19)23(28)32-14-22(27)25-18-6-9-21(31-3)20(24)11-18/h4-9,11,15-16H,10,12-14H2,1-3H3,(H,25,27)/t15-,16+. The van der Waals surface area contributed by atoms with Gasteiger partial charge in [-0.15, -0.1) is 0 Å². The summed E-state index contributed by atoms with van der Waals surface area (Å²) in [5.74, 6) is -0.231. The summed E-state index contributed by atoms with van der Waals surface area (Å²) in [5.41, 5.74) is 0.576. The Bertz CT molecular complexity index is 1110. The van der Waals surface area contributed by atoms with E-state index in [1.54, 1.807) is 12.1 Å². The van der Waals surface area contributed by atoms with Crippen LogP contribution in [0.25, 0.3) is 0 Å². The van der Waals surface area contributed by atoms with E-state index >= 15 is 0 Å². The van der Waals surface area contributed by atoms with Crippen molar-refractivity contribution in [3.05, 3.63) is 53.1 Å². The Kier molecular flexibility index (Phi) is 7.99. The van der Waals surface area contributed by atoms with Gasteiger partial charge in [0.1, 0.15) is 5.75 Å². The number of hydrogen-bond acceptors (Lipinski definition) is 6. The number of nitrogens with one attached hydrogen (secondary N) is 1. The minimum atomic E-state index is -3.64. The summed E-state index contributed by atoms with van der Waals surface area (Å²) in [4.78, 5) is 24.5. The topological polar surface area (TPSA) is 102 Å². The SMILES string of the molecule is COc1ccc(NC(=O)COC(=O)c2ccc(S(=O)(=O)N3C[C@H](C)C[C@H](C)C3)cc2)cc1Cl. The van der Waals surface area contributed by atoms with E-state index in [9.17, 15) is 18.0 Å². The Balaban J connectivity index is 1.57. The van der Waals surface area contributed by atoms with Crippen molar-refractivity contribution in [2.24, 2.45) is 11.8 Å². The van der Waals surface area contributed by atoms with E-state index in [1.165, 1.54) is 41.7 Å². The van der Waals surface area contributed by atoms with Crippen LogP contribution in [0.2, 0.25) is 5.02 Å². The van der Waals surface area contributed by atoms with Crippen LogP contribution in [-0.2, 0) is 19.6 Å². The third-order valence-corrected chi connectivity index (χ3v) is 7.47. The van der Waals surface area contributed by atoms with Crippen LogP contribution in [-0.4, -0.2) is 51.4 Å². The molecule has 1 aliphatic rings. The molecule has 1 aliphatic heterocycles. The molecule has 1 N–H and O–H groups in total. The van der Waals surface area contributed by atoms with Crippen molar-refractivity contribution in [3.8, 4) is 5.75 Å². The van der Waals surface area contributed by atoms with Crippen molar-refractivity contribution in [2.75, 3.05) is 32.1 Å². The average Bonchev–Trinajstić information content (AvgIpc) is 2.77. The maximum atomic E-state index is 13.0. The number of nitrogens with zero attached hydrogens (tertiary/aromatic N) is 1. The van der Waals surface area contributed by atoms with Crippen molar-refractivity contribution < 1.29 is 27.5 Å². The molecular formula is C23H27ClN2O6S. The van der Waals surface area contributed by atoms with Crippen molar-refractivity contribution in [1.82, 2.24) is 4.31 Å². The molecule has 2 atom stereocenters. The molecule has 10 heteroatoms. The molecule has 0 aromatic heterocycles. The summed E-state index contributed by atoms with van der Waals surface area (Å²) < 4.78 is 37.5. The molecular weight excluding hydrogens is 468 g/mol. The Labute approximate surface area is 198 Å². The zero-order valence-electron chi connectivity index (χ0n) is 18.7. The summed E-state index contributed by atoms with van der Waals surface area (Å²) in [5, 5.41) is 2.90. The second-order valence-electron chi connectivity index (χ2n) is 8.27. The average molecular weight is 495 g/mol. The van der Waals surface area contributed by atoms with Gasteiger partial charge in [-0.2, -0.15) is 4.31 Å². The minimum Gasteiger partial charge on any atom is -0.495 e. The molecule has 1 heterocycles. The van der Waals surface area contributed by atoms with E-state index < -0.39 is 28.5 Å². The van der Waals surface area contributed by atoms with E-state index in [0.29, 0.717) is 29.5 Å². The maximum Gasteiger partial charge on any atom is 0.338 e. The van der Waals surface area contributed by atoms with Gasteiger partial charge in [0.2, 0.25) is 10.0 Å². The van der Waals surface area contributed by atoms with Crippen LogP contribution in [0.1, 0.15) is 30.6 Å². The highest BCUT2D eigenvalue weighted by Gasteiger charge is 2.31. The number of carbonyl (C=O) groups excluding carboxylic acids is 2. The first-order valence-electron chi connectivity index (χ1n) is 10.5. The van der Waals surface area contributed by atoms with Crippen LogP contribution in [0.4, 0.5) is 5.69 Å². The lowest BCUT2D eigenvalue weighted by Crippen LogP contribution is -2.42. The van der Waals surface area contributed by atoms with Gasteiger partial charge in [-0.05, 0) is 60.7 Å². The van der Waals surface area contributed by atoms with Crippen LogP contribution in [0.5, 0.6) is 5.75 Å². The van der Waals surface area contributed by atoms with Gasteiger partial charge in [0.05, 0.1) is 22.6 Å². The zero-order chi connectivity index (χ0) is 24.2. The third-order valence-electron chi connectivity index (χ3n) is 5.33. The number of ether oxygens (including phenoxy) is 2. The summed E-state index contributed by atoms with van der Waals surface area (Å²) in [6.45, 7) is 4.52. The van der Waals surface area contributed by atoms with Crippen LogP contribution in [0, 0.1) is 11.8 Å². The molecule has 178 valence electrons. The minimum absolute atomic E-state index is 0.120. The molecule has 33 heavy (non-hydrogen) atoms. The number of sulfonamides is 1. The molecule has 3 rings (SSSR count). The molecule has 1 amide bonds. The van der Waals surface area contributed by atoms with Gasteiger partial charge in [-0.3, -0.25) is 4.79 Å². The highest BCUT2D eigenvalue weighted by atomic mass is 35.5. The fourth-order valence-corrected chi connectivity index (χ4v) is 5.81. The predicted molar refractivity (Wildman–Crippen MR) is 125 cm³/mol. The summed E-state index contributed by atoms with van der Waals surface area (Å²) in [6.07, 6.45) is 0.996. The molecule has 0 aliphatic carbocycles. The summed E-state index contributed by atoms with van der Waals surface area (Å²) in [7, 11) is -2.16. The van der Waals surface area contributed by atoms with Gasteiger partial charge >= 0.3 is 5.97 Å². The molecule has 0 unspecified atom stereocenters. The molecule has 2 aromatic carbocycles. The van der Waals surface area contributed by atoms with Gasteiger partial charge in [-0.25, -0.2) is 13.2 Å². The largest absolute Gasteiger partial charge is 0.495 e. The number of methoxy groups -OCH3 is 1. The van der Waals surface area contributed by atoms with E-state index in [-0.39, 0.29) is 22.3 Å². The lowest BCUT2D eigenvalue weighted by molar-refractivity contribution is -0.119. The molecule has 0 radical (unpaired) electrons. The van der Waals surface area contributed by atoms with Crippen molar-refractivity contribution in [2.45, 2.75) is 25.2 Å². The molecule has 1 fully saturated rings. The van der Waals surface area contributed by atoms with Gasteiger partial charge in [0.15, 0.2) is 6.61 Å². The van der Waals surface area contributed by atoms with Crippen molar-refractivity contribution in [1.29, 1.82) is 0 Å². The molecule has 8 nitrogen and oxygen atoms in total. The molecule has 0 spiro atoms. The van der Waals surface area contributed by atoms with Crippen LogP contribution >= 0.6 is 11.6 Å². The van der Waals surface area contributed by atoms with Crippen molar-refractivity contribution >= 4 is 39.2 Å². The number of hydrogen-bond donors (Lipinski definition) is 1. The molecule has 2 aromatic rings. The number of rotatable bonds is 7. The van der Waals surface area contributed by atoms with E-state index in [1.807, 2.05) is 13.8 Å². The summed E-state index contributed by atoms with van der Waals surface area (Å²) in [6, 6.07) is 10.3. The first-order valence-corrected chi connectivity index (χ1v) is 12.3. The second-order valence-corrected chi connectivity index (χ2v) is 10.6. The van der Waals surface area contributed by atoms with E-state index in [4.69, 9.17) is 21.1 Å². The fourth-order valence-electron chi connectivity index (χ4n) is 3.87. The number of benzene rings is 2. The van der Waals surface area contributed by atoms with Crippen molar-refractivity contribution in [3.63, 3.8) is 0 Å². The Morgan fingerprint density at radius 3 is 2.30 bits per heavy atom. The number of amides is 1. The lowest BCUT2D eigenvalue weighted by Gasteiger charge is -2.34. The Morgan fingerprint density at radius 2 is 1.73 bits per heavy atom. The smallest absolute Gasteiger partial charge is 0.338 e. The van der Waals surface area contributed by atoms with Crippen LogP contribution < -0.4 is 10.1 Å². The third kappa shape index (κ3) is 6.25. The number of anilines is 1. The van der Waals surface area contributed by atoms with Gasteiger partial charge in [0, 0.05) is 18.8 Å². The number of carbonyl (C=O) groups is 2. The Hall–Kier alpha value is -2.62. The number of piperidine rings is 1. The van der Waals surface area contributed by atoms with Gasteiger partial charge < -0.3 is 14.8 Å².